The molecule has 0 N–H and O–H groups in total. The number of fused-ring (bicyclic) bond motifs is 1. The van der Waals surface area contributed by atoms with Gasteiger partial charge in [-0.3, -0.25) is 9.78 Å². The number of carbonyl (C=O) groups is 1. The number of amides is 1. The van der Waals surface area contributed by atoms with E-state index in [1.165, 1.54) is 4.70 Å². The summed E-state index contributed by atoms with van der Waals surface area (Å²) in [5, 5.41) is 1.06. The molecule has 0 fully saturated rings. The van der Waals surface area contributed by atoms with E-state index < -0.39 is 0 Å². The van der Waals surface area contributed by atoms with Crippen LogP contribution in [0, 0.1) is 6.92 Å². The molecule has 4 heteroatoms. The maximum Gasteiger partial charge on any atom is 0.255 e. The highest BCUT2D eigenvalue weighted by molar-refractivity contribution is 7.19. The number of nitrogens with zero attached hydrogens (tertiary/aromatic N) is 2. The topological polar surface area (TPSA) is 33.2 Å². The molecule has 1 aromatic carbocycles. The van der Waals surface area contributed by atoms with E-state index in [1.54, 1.807) is 17.5 Å². The summed E-state index contributed by atoms with van der Waals surface area (Å²) in [7, 11) is 0. The lowest BCUT2D eigenvalue weighted by molar-refractivity contribution is 0.0754. The number of hydrogen-bond acceptors (Lipinski definition) is 3. The Labute approximate surface area is 134 Å². The molecule has 1 amide bonds. The number of benzene rings is 1. The Morgan fingerprint density at radius 1 is 1.23 bits per heavy atom. The third-order valence-corrected chi connectivity index (χ3v) is 4.84. The normalized spacial score (nSPS) is 10.8. The van der Waals surface area contributed by atoms with Crippen molar-refractivity contribution in [2.75, 3.05) is 6.54 Å². The highest BCUT2D eigenvalue weighted by atomic mass is 32.1. The summed E-state index contributed by atoms with van der Waals surface area (Å²) in [4.78, 5) is 20.1. The molecule has 0 unspecified atom stereocenters. The summed E-state index contributed by atoms with van der Waals surface area (Å²) in [5.41, 5.74) is 1.89. The van der Waals surface area contributed by atoms with Crippen LogP contribution in [-0.4, -0.2) is 22.3 Å². The van der Waals surface area contributed by atoms with Crippen LogP contribution in [0.2, 0.25) is 0 Å². The molecule has 3 rings (SSSR count). The van der Waals surface area contributed by atoms with Gasteiger partial charge >= 0.3 is 0 Å². The van der Waals surface area contributed by atoms with Gasteiger partial charge in [0, 0.05) is 40.4 Å². The van der Waals surface area contributed by atoms with Crippen molar-refractivity contribution in [1.82, 2.24) is 9.88 Å². The molecule has 0 atom stereocenters. The lowest BCUT2D eigenvalue weighted by Crippen LogP contribution is -2.30. The van der Waals surface area contributed by atoms with Crippen LogP contribution >= 0.6 is 11.3 Å². The lowest BCUT2D eigenvalue weighted by atomic mass is 10.1. The van der Waals surface area contributed by atoms with E-state index in [0.29, 0.717) is 13.1 Å². The van der Waals surface area contributed by atoms with E-state index in [2.05, 4.69) is 11.1 Å². The third kappa shape index (κ3) is 2.74. The minimum Gasteiger partial charge on any atom is -0.334 e. The van der Waals surface area contributed by atoms with Crippen molar-refractivity contribution in [2.24, 2.45) is 0 Å². The SMILES string of the molecule is CCN(Cc1cccnc1)C(=O)c1c(C)sc2ccccc12. The number of carbonyl (C=O) groups excluding carboxylic acids is 1. The molecule has 0 saturated heterocycles. The standard InChI is InChI=1S/C18H18N2OS/c1-3-20(12-14-7-6-10-19-11-14)18(21)17-13(2)22-16-9-5-4-8-15(16)17/h4-11H,3,12H2,1-2H3. The highest BCUT2D eigenvalue weighted by Crippen LogP contribution is 2.31. The van der Waals surface area contributed by atoms with E-state index in [0.717, 1.165) is 21.4 Å². The Kier molecular flexibility index (Phi) is 4.20. The molecular formula is C18H18N2OS. The van der Waals surface area contributed by atoms with Gasteiger partial charge < -0.3 is 4.90 Å². The van der Waals surface area contributed by atoms with E-state index in [9.17, 15) is 4.79 Å². The number of pyridine rings is 1. The van der Waals surface area contributed by atoms with Gasteiger partial charge in [-0.1, -0.05) is 24.3 Å². The predicted octanol–water partition coefficient (Wildman–Crippen LogP) is 4.27. The fourth-order valence-corrected chi connectivity index (χ4v) is 3.69. The molecule has 0 aliphatic heterocycles. The molecule has 22 heavy (non-hydrogen) atoms. The van der Waals surface area contributed by atoms with Gasteiger partial charge in [-0.2, -0.15) is 0 Å². The fourth-order valence-electron chi connectivity index (χ4n) is 2.63. The third-order valence-electron chi connectivity index (χ3n) is 3.75. The average molecular weight is 310 g/mol. The summed E-state index contributed by atoms with van der Waals surface area (Å²) in [6.07, 6.45) is 3.56. The van der Waals surface area contributed by atoms with Gasteiger partial charge in [0.1, 0.15) is 0 Å². The summed E-state index contributed by atoms with van der Waals surface area (Å²) in [6, 6.07) is 12.0. The van der Waals surface area contributed by atoms with Gasteiger partial charge in [0.25, 0.3) is 5.91 Å². The Morgan fingerprint density at radius 2 is 2.05 bits per heavy atom. The van der Waals surface area contributed by atoms with Crippen LogP contribution in [0.3, 0.4) is 0 Å². The van der Waals surface area contributed by atoms with Crippen molar-refractivity contribution < 1.29 is 4.79 Å². The van der Waals surface area contributed by atoms with Crippen molar-refractivity contribution >= 4 is 27.3 Å². The molecule has 2 aromatic heterocycles. The van der Waals surface area contributed by atoms with Gasteiger partial charge in [-0.25, -0.2) is 0 Å². The van der Waals surface area contributed by atoms with E-state index in [1.807, 2.05) is 55.3 Å². The molecule has 0 saturated carbocycles. The first-order chi connectivity index (χ1) is 10.7. The molecule has 0 bridgehead atoms. The summed E-state index contributed by atoms with van der Waals surface area (Å²) < 4.78 is 1.17. The van der Waals surface area contributed by atoms with Gasteiger partial charge in [0.05, 0.1) is 5.56 Å². The first-order valence-corrected chi connectivity index (χ1v) is 8.18. The summed E-state index contributed by atoms with van der Waals surface area (Å²) in [6.45, 7) is 5.30. The van der Waals surface area contributed by atoms with Crippen molar-refractivity contribution in [3.05, 3.63) is 64.8 Å². The van der Waals surface area contributed by atoms with E-state index >= 15 is 0 Å². The van der Waals surface area contributed by atoms with Crippen molar-refractivity contribution in [1.29, 1.82) is 0 Å². The molecule has 0 aliphatic rings. The monoisotopic (exact) mass is 310 g/mol. The molecular weight excluding hydrogens is 292 g/mol. The van der Waals surface area contributed by atoms with Gasteiger partial charge in [0.2, 0.25) is 0 Å². The molecule has 0 radical (unpaired) electrons. The predicted molar refractivity (Wildman–Crippen MR) is 91.2 cm³/mol. The first kappa shape index (κ1) is 14.7. The maximum atomic E-state index is 13.0. The van der Waals surface area contributed by atoms with Crippen molar-refractivity contribution in [2.45, 2.75) is 20.4 Å². The minimum absolute atomic E-state index is 0.0984. The smallest absolute Gasteiger partial charge is 0.255 e. The van der Waals surface area contributed by atoms with Crippen molar-refractivity contribution in [3.8, 4) is 0 Å². The first-order valence-electron chi connectivity index (χ1n) is 7.37. The molecule has 3 nitrogen and oxygen atoms in total. The zero-order valence-corrected chi connectivity index (χ0v) is 13.6. The number of hydrogen-bond donors (Lipinski definition) is 0. The van der Waals surface area contributed by atoms with Crippen LogP contribution < -0.4 is 0 Å². The average Bonchev–Trinajstić information content (AvgIpc) is 2.88. The van der Waals surface area contributed by atoms with Crippen molar-refractivity contribution in [3.63, 3.8) is 0 Å². The second-order valence-electron chi connectivity index (χ2n) is 5.21. The Balaban J connectivity index is 1.95. The molecule has 112 valence electrons. The number of rotatable bonds is 4. The molecule has 0 spiro atoms. The lowest BCUT2D eigenvalue weighted by Gasteiger charge is -2.21. The number of aryl methyl sites for hydroxylation is 1. The van der Waals surface area contributed by atoms with Crippen LogP contribution in [0.5, 0.6) is 0 Å². The Bertz CT molecular complexity index is 795. The van der Waals surface area contributed by atoms with Crippen LogP contribution in [0.25, 0.3) is 10.1 Å². The fraction of sp³-hybridized carbons (Fsp3) is 0.222. The van der Waals surface area contributed by atoms with E-state index in [4.69, 9.17) is 0 Å². The van der Waals surface area contributed by atoms with Gasteiger partial charge in [0.15, 0.2) is 0 Å². The van der Waals surface area contributed by atoms with Gasteiger partial charge in [-0.05, 0) is 31.5 Å². The van der Waals surface area contributed by atoms with Crippen LogP contribution in [-0.2, 0) is 6.54 Å². The number of thiophene rings is 1. The van der Waals surface area contributed by atoms with E-state index in [-0.39, 0.29) is 5.91 Å². The van der Waals surface area contributed by atoms with Gasteiger partial charge in [-0.15, -0.1) is 11.3 Å². The Morgan fingerprint density at radius 3 is 2.77 bits per heavy atom. The largest absolute Gasteiger partial charge is 0.334 e. The second-order valence-corrected chi connectivity index (χ2v) is 6.47. The maximum absolute atomic E-state index is 13.0. The summed E-state index contributed by atoms with van der Waals surface area (Å²) >= 11 is 1.68. The zero-order chi connectivity index (χ0) is 15.5. The van der Waals surface area contributed by atoms with Crippen LogP contribution in [0.1, 0.15) is 27.7 Å². The molecule has 2 heterocycles. The highest BCUT2D eigenvalue weighted by Gasteiger charge is 2.21. The summed E-state index contributed by atoms with van der Waals surface area (Å²) in [5.74, 6) is 0.0984. The quantitative estimate of drug-likeness (QED) is 0.721. The molecule has 0 aliphatic carbocycles. The van der Waals surface area contributed by atoms with Crippen LogP contribution in [0.15, 0.2) is 48.8 Å². The zero-order valence-electron chi connectivity index (χ0n) is 12.7. The number of aromatic nitrogens is 1. The minimum atomic E-state index is 0.0984. The Hall–Kier alpha value is -2.20. The molecule has 3 aromatic rings. The van der Waals surface area contributed by atoms with Crippen LogP contribution in [0.4, 0.5) is 0 Å². The second kappa shape index (κ2) is 6.28.